The van der Waals surface area contributed by atoms with E-state index in [2.05, 4.69) is 53.4 Å². The van der Waals surface area contributed by atoms with Gasteiger partial charge in [-0.2, -0.15) is 5.06 Å². The van der Waals surface area contributed by atoms with Crippen LogP contribution in [0.1, 0.15) is 23.6 Å². The summed E-state index contributed by atoms with van der Waals surface area (Å²) in [5, 5.41) is 3.40. The van der Waals surface area contributed by atoms with Crippen molar-refractivity contribution in [1.29, 1.82) is 0 Å². The summed E-state index contributed by atoms with van der Waals surface area (Å²) in [5.41, 5.74) is 4.69. The number of ether oxygens (including phenoxy) is 1. The smallest absolute Gasteiger partial charge is 0.126 e. The summed E-state index contributed by atoms with van der Waals surface area (Å²) in [5.74, 6) is 1.37. The molecule has 2 fully saturated rings. The number of hydroxylamine groups is 2. The largest absolute Gasteiger partial charge is 0.496 e. The molecular weight excluding hydrogens is 455 g/mol. The Morgan fingerprint density at radius 3 is 2.58 bits per heavy atom. The minimum absolute atomic E-state index is 0.253. The van der Waals surface area contributed by atoms with Gasteiger partial charge in [-0.15, -0.1) is 0 Å². The number of benzene rings is 3. The Morgan fingerprint density at radius 2 is 1.79 bits per heavy atom. The van der Waals surface area contributed by atoms with Crippen molar-refractivity contribution >= 4 is 23.2 Å². The number of hydrogen-bond acceptors (Lipinski definition) is 4. The van der Waals surface area contributed by atoms with Crippen LogP contribution < -0.4 is 4.74 Å². The van der Waals surface area contributed by atoms with Gasteiger partial charge in [0.05, 0.1) is 13.7 Å². The van der Waals surface area contributed by atoms with Crippen molar-refractivity contribution in [1.82, 2.24) is 9.96 Å². The van der Waals surface area contributed by atoms with E-state index in [9.17, 15) is 0 Å². The van der Waals surface area contributed by atoms with Crippen LogP contribution in [0.3, 0.4) is 0 Å². The van der Waals surface area contributed by atoms with Gasteiger partial charge >= 0.3 is 0 Å². The molecule has 2 saturated heterocycles. The summed E-state index contributed by atoms with van der Waals surface area (Å²) < 4.78 is 5.62. The highest BCUT2D eigenvalue weighted by molar-refractivity contribution is 6.34. The summed E-state index contributed by atoms with van der Waals surface area (Å²) in [6, 6.07) is 23.5. The number of halogens is 2. The second-order valence-electron chi connectivity index (χ2n) is 8.95. The maximum Gasteiger partial charge on any atom is 0.126 e. The van der Waals surface area contributed by atoms with E-state index >= 15 is 0 Å². The van der Waals surface area contributed by atoms with Crippen LogP contribution in [0.25, 0.3) is 11.1 Å². The molecule has 0 unspecified atom stereocenters. The normalized spacial score (nSPS) is 23.5. The summed E-state index contributed by atoms with van der Waals surface area (Å²) >= 11 is 12.6. The van der Waals surface area contributed by atoms with Gasteiger partial charge in [-0.25, -0.2) is 0 Å². The first kappa shape index (κ1) is 22.7. The quantitative estimate of drug-likeness (QED) is 0.415. The van der Waals surface area contributed by atoms with Gasteiger partial charge in [0.15, 0.2) is 0 Å². The molecule has 4 nitrogen and oxygen atoms in total. The van der Waals surface area contributed by atoms with Crippen molar-refractivity contribution in [2.45, 2.75) is 25.0 Å². The molecule has 0 aliphatic carbocycles. The molecule has 172 valence electrons. The highest BCUT2D eigenvalue weighted by Gasteiger charge is 2.42. The average molecular weight is 483 g/mol. The van der Waals surface area contributed by atoms with Gasteiger partial charge in [-0.3, -0.25) is 9.74 Å². The van der Waals surface area contributed by atoms with Gasteiger partial charge in [0.25, 0.3) is 0 Å². The number of fused-ring (bicyclic) bond motifs is 1. The second kappa shape index (κ2) is 9.65. The third kappa shape index (κ3) is 4.77. The number of likely N-dealkylation sites (tertiary alicyclic amines) is 1. The van der Waals surface area contributed by atoms with Crippen LogP contribution in [0.4, 0.5) is 0 Å². The molecule has 0 N–H and O–H groups in total. The standard InChI is InChI=1S/C27H28Cl2N2O2/c1-30-25-14-26(20-7-5-6-19(12-20)24-8-3-4-9-27(24)32-2)31(16-21(25)17-33-30)15-18-10-22(28)13-23(29)11-18/h3-13,21,25-26H,14-17H2,1-2H3/t21-,25-,26-/m0/s1. The molecule has 3 aromatic rings. The lowest BCUT2D eigenvalue weighted by Gasteiger charge is -2.42. The molecule has 0 spiro atoms. The lowest BCUT2D eigenvalue weighted by molar-refractivity contribution is -0.114. The minimum atomic E-state index is 0.253. The van der Waals surface area contributed by atoms with Gasteiger partial charge in [0.1, 0.15) is 5.75 Å². The monoisotopic (exact) mass is 482 g/mol. The van der Waals surface area contributed by atoms with Crippen LogP contribution in [0, 0.1) is 5.92 Å². The molecule has 3 atom stereocenters. The molecule has 0 saturated carbocycles. The number of rotatable bonds is 5. The Morgan fingerprint density at radius 1 is 1.00 bits per heavy atom. The Balaban J connectivity index is 1.50. The van der Waals surface area contributed by atoms with Crippen LogP contribution in [0.15, 0.2) is 66.7 Å². The van der Waals surface area contributed by atoms with E-state index in [1.807, 2.05) is 24.3 Å². The van der Waals surface area contributed by atoms with E-state index in [4.69, 9.17) is 32.8 Å². The molecule has 0 radical (unpaired) electrons. The number of nitrogens with zero attached hydrogens (tertiary/aromatic N) is 2. The molecule has 0 aromatic heterocycles. The first-order valence-electron chi connectivity index (χ1n) is 11.3. The van der Waals surface area contributed by atoms with E-state index in [-0.39, 0.29) is 6.04 Å². The van der Waals surface area contributed by atoms with Crippen LogP contribution >= 0.6 is 23.2 Å². The molecule has 5 rings (SSSR count). The Hall–Kier alpha value is -2.08. The van der Waals surface area contributed by atoms with E-state index in [0.29, 0.717) is 22.0 Å². The van der Waals surface area contributed by atoms with Gasteiger partial charge in [0, 0.05) is 53.7 Å². The molecule has 33 heavy (non-hydrogen) atoms. The number of hydrogen-bond donors (Lipinski definition) is 0. The maximum atomic E-state index is 6.31. The Labute approximate surface area is 205 Å². The van der Waals surface area contributed by atoms with Gasteiger partial charge in [-0.05, 0) is 53.4 Å². The fraction of sp³-hybridized carbons (Fsp3) is 0.333. The van der Waals surface area contributed by atoms with Crippen molar-refractivity contribution < 1.29 is 9.57 Å². The molecule has 6 heteroatoms. The highest BCUT2D eigenvalue weighted by atomic mass is 35.5. The Bertz CT molecular complexity index is 1120. The topological polar surface area (TPSA) is 24.9 Å². The van der Waals surface area contributed by atoms with E-state index in [0.717, 1.165) is 48.6 Å². The van der Waals surface area contributed by atoms with Crippen molar-refractivity contribution in [3.63, 3.8) is 0 Å². The van der Waals surface area contributed by atoms with Crippen molar-refractivity contribution in [3.05, 3.63) is 87.9 Å². The number of piperidine rings is 1. The van der Waals surface area contributed by atoms with Crippen LogP contribution in [-0.2, 0) is 11.4 Å². The van der Waals surface area contributed by atoms with Gasteiger partial charge in [0.2, 0.25) is 0 Å². The van der Waals surface area contributed by atoms with E-state index in [1.54, 1.807) is 13.2 Å². The van der Waals surface area contributed by atoms with Crippen LogP contribution in [0.5, 0.6) is 5.75 Å². The summed E-state index contributed by atoms with van der Waals surface area (Å²) in [6.45, 7) is 2.52. The zero-order chi connectivity index (χ0) is 22.9. The molecule has 2 heterocycles. The lowest BCUT2D eigenvalue weighted by atomic mass is 9.84. The predicted molar refractivity (Wildman–Crippen MR) is 134 cm³/mol. The SMILES string of the molecule is COc1ccccc1-c1cccc([C@@H]2C[C@H]3[C@H](CON3C)CN2Cc2cc(Cl)cc(Cl)c2)c1. The summed E-state index contributed by atoms with van der Waals surface area (Å²) in [4.78, 5) is 8.44. The third-order valence-corrected chi connectivity index (χ3v) is 7.31. The van der Waals surface area contributed by atoms with E-state index < -0.39 is 0 Å². The molecule has 2 aliphatic rings. The zero-order valence-electron chi connectivity index (χ0n) is 18.9. The van der Waals surface area contributed by atoms with E-state index in [1.165, 1.54) is 5.56 Å². The van der Waals surface area contributed by atoms with Crippen molar-refractivity contribution in [2.75, 3.05) is 27.3 Å². The first-order chi connectivity index (χ1) is 16.0. The first-order valence-corrected chi connectivity index (χ1v) is 12.1. The second-order valence-corrected chi connectivity index (χ2v) is 9.83. The number of para-hydroxylation sites is 1. The molecule has 3 aromatic carbocycles. The van der Waals surface area contributed by atoms with Crippen LogP contribution in [-0.4, -0.2) is 43.3 Å². The molecule has 2 aliphatic heterocycles. The summed E-state index contributed by atoms with van der Waals surface area (Å²) in [7, 11) is 3.77. The fourth-order valence-corrected chi connectivity index (χ4v) is 5.86. The van der Waals surface area contributed by atoms with Crippen LogP contribution in [0.2, 0.25) is 10.0 Å². The van der Waals surface area contributed by atoms with Crippen molar-refractivity contribution in [2.24, 2.45) is 5.92 Å². The minimum Gasteiger partial charge on any atom is -0.496 e. The zero-order valence-corrected chi connectivity index (χ0v) is 20.4. The number of methoxy groups -OCH3 is 1. The third-order valence-electron chi connectivity index (χ3n) is 6.88. The lowest BCUT2D eigenvalue weighted by Crippen LogP contribution is -2.46. The molecule has 0 amide bonds. The molecular formula is C27H28Cl2N2O2. The Kier molecular flexibility index (Phi) is 6.64. The van der Waals surface area contributed by atoms with Gasteiger partial charge in [-0.1, -0.05) is 59.6 Å². The highest BCUT2D eigenvalue weighted by Crippen LogP contribution is 2.41. The maximum absolute atomic E-state index is 6.31. The summed E-state index contributed by atoms with van der Waals surface area (Å²) in [6.07, 6.45) is 1.00. The van der Waals surface area contributed by atoms with Crippen molar-refractivity contribution in [3.8, 4) is 16.9 Å². The predicted octanol–water partition coefficient (Wildman–Crippen LogP) is 6.48. The average Bonchev–Trinajstić information content (AvgIpc) is 3.17. The molecule has 0 bridgehead atoms. The fourth-order valence-electron chi connectivity index (χ4n) is 5.29. The van der Waals surface area contributed by atoms with Gasteiger partial charge < -0.3 is 4.74 Å².